The Labute approximate surface area is 89.0 Å². The fourth-order valence-electron chi connectivity index (χ4n) is 1.19. The molecule has 0 radical (unpaired) electrons. The van der Waals surface area contributed by atoms with Crippen molar-refractivity contribution < 1.29 is 4.74 Å². The summed E-state index contributed by atoms with van der Waals surface area (Å²) < 4.78 is 5.07. The lowest BCUT2D eigenvalue weighted by Crippen LogP contribution is -1.86. The second-order valence-electron chi connectivity index (χ2n) is 2.93. The molecule has 0 bridgehead atoms. The highest BCUT2D eigenvalue weighted by Crippen LogP contribution is 2.22. The van der Waals surface area contributed by atoms with Crippen LogP contribution in [0.1, 0.15) is 12.5 Å². The van der Waals surface area contributed by atoms with Gasteiger partial charge in [0.15, 0.2) is 0 Å². The molecule has 0 fully saturated rings. The average molecular weight is 198 g/mol. The quantitative estimate of drug-likeness (QED) is 0.541. The molecule has 0 amide bonds. The van der Waals surface area contributed by atoms with Gasteiger partial charge in [-0.05, 0) is 30.2 Å². The molecule has 3 nitrogen and oxygen atoms in total. The van der Waals surface area contributed by atoms with Crippen molar-refractivity contribution >= 4 is 5.57 Å². The monoisotopic (exact) mass is 198 g/mol. The molecular formula is C12H10N2O. The molecule has 0 unspecified atom stereocenters. The summed E-state index contributed by atoms with van der Waals surface area (Å²) in [6.07, 6.45) is 0. The van der Waals surface area contributed by atoms with Gasteiger partial charge >= 0.3 is 0 Å². The first kappa shape index (κ1) is 10.8. The molecule has 3 heteroatoms. The minimum absolute atomic E-state index is 0.114. The van der Waals surface area contributed by atoms with Crippen molar-refractivity contribution in [2.24, 2.45) is 0 Å². The van der Waals surface area contributed by atoms with Crippen LogP contribution in [0.25, 0.3) is 10.4 Å². The van der Waals surface area contributed by atoms with Crippen molar-refractivity contribution in [2.75, 3.05) is 7.11 Å². The fourth-order valence-corrected chi connectivity index (χ4v) is 1.19. The van der Waals surface area contributed by atoms with E-state index in [1.165, 1.54) is 0 Å². The van der Waals surface area contributed by atoms with Crippen LogP contribution in [0, 0.1) is 17.9 Å². The summed E-state index contributed by atoms with van der Waals surface area (Å²) in [5, 5.41) is 8.73. The molecule has 0 heterocycles. The number of methoxy groups -OCH3 is 1. The highest BCUT2D eigenvalue weighted by molar-refractivity contribution is 5.72. The second kappa shape index (κ2) is 4.83. The SMILES string of the molecule is [C-]#[N+]C(C#N)=C(C)c1cccc(OC)c1. The maximum absolute atomic E-state index is 8.73. The summed E-state index contributed by atoms with van der Waals surface area (Å²) in [5.41, 5.74) is 1.62. The van der Waals surface area contributed by atoms with Crippen LogP contribution >= 0.6 is 0 Å². The van der Waals surface area contributed by atoms with E-state index in [2.05, 4.69) is 4.85 Å². The van der Waals surface area contributed by atoms with Gasteiger partial charge in [0, 0.05) is 0 Å². The molecule has 0 saturated heterocycles. The molecule has 1 rings (SSSR count). The Morgan fingerprint density at radius 2 is 2.27 bits per heavy atom. The molecular weight excluding hydrogens is 188 g/mol. The minimum Gasteiger partial charge on any atom is -0.497 e. The predicted octanol–water partition coefficient (Wildman–Crippen LogP) is 2.87. The fraction of sp³-hybridized carbons (Fsp3) is 0.167. The molecule has 0 aliphatic rings. The van der Waals surface area contributed by atoms with Crippen LogP contribution in [0.3, 0.4) is 0 Å². The lowest BCUT2D eigenvalue weighted by atomic mass is 10.1. The van der Waals surface area contributed by atoms with E-state index in [9.17, 15) is 0 Å². The summed E-state index contributed by atoms with van der Waals surface area (Å²) in [4.78, 5) is 3.17. The summed E-state index contributed by atoms with van der Waals surface area (Å²) in [5.74, 6) is 0.717. The lowest BCUT2D eigenvalue weighted by Gasteiger charge is -2.04. The zero-order valence-corrected chi connectivity index (χ0v) is 8.61. The third kappa shape index (κ3) is 2.36. The number of nitrogens with zero attached hydrogens (tertiary/aromatic N) is 2. The molecule has 0 atom stereocenters. The van der Waals surface area contributed by atoms with Gasteiger partial charge in [-0.3, -0.25) is 0 Å². The Morgan fingerprint density at radius 1 is 1.53 bits per heavy atom. The molecule has 0 saturated carbocycles. The zero-order chi connectivity index (χ0) is 11.3. The van der Waals surface area contributed by atoms with E-state index in [0.717, 1.165) is 5.56 Å². The highest BCUT2D eigenvalue weighted by atomic mass is 16.5. The van der Waals surface area contributed by atoms with E-state index in [1.807, 2.05) is 24.3 Å². The van der Waals surface area contributed by atoms with E-state index >= 15 is 0 Å². The molecule has 1 aromatic carbocycles. The van der Waals surface area contributed by atoms with Gasteiger partial charge in [0.05, 0.1) is 19.8 Å². The number of benzene rings is 1. The smallest absolute Gasteiger partial charge is 0.265 e. The Kier molecular flexibility index (Phi) is 3.49. The van der Waals surface area contributed by atoms with Crippen LogP contribution in [-0.4, -0.2) is 7.11 Å². The summed E-state index contributed by atoms with van der Waals surface area (Å²) in [7, 11) is 1.58. The van der Waals surface area contributed by atoms with Gasteiger partial charge in [-0.2, -0.15) is 0 Å². The van der Waals surface area contributed by atoms with Crippen LogP contribution in [-0.2, 0) is 0 Å². The molecule has 1 aromatic rings. The number of rotatable bonds is 2. The number of hydrogen-bond acceptors (Lipinski definition) is 2. The molecule has 0 N–H and O–H groups in total. The van der Waals surface area contributed by atoms with Crippen LogP contribution in [0.4, 0.5) is 0 Å². The number of allylic oxidation sites excluding steroid dienone is 2. The predicted molar refractivity (Wildman–Crippen MR) is 57.8 cm³/mol. The first-order chi connectivity index (χ1) is 7.22. The molecule has 74 valence electrons. The third-order valence-corrected chi connectivity index (χ3v) is 2.08. The van der Waals surface area contributed by atoms with Crippen molar-refractivity contribution in [1.82, 2.24) is 0 Å². The third-order valence-electron chi connectivity index (χ3n) is 2.08. The number of nitriles is 1. The van der Waals surface area contributed by atoms with E-state index < -0.39 is 0 Å². The summed E-state index contributed by atoms with van der Waals surface area (Å²) >= 11 is 0. The Hall–Kier alpha value is -2.26. The van der Waals surface area contributed by atoms with Gasteiger partial charge in [-0.25, -0.2) is 10.1 Å². The van der Waals surface area contributed by atoms with Gasteiger partial charge in [0.25, 0.3) is 5.70 Å². The molecule has 0 spiro atoms. The highest BCUT2D eigenvalue weighted by Gasteiger charge is 2.04. The Balaban J connectivity index is 3.24. The van der Waals surface area contributed by atoms with Crippen molar-refractivity contribution in [3.05, 3.63) is 46.9 Å². The standard InChI is InChI=1S/C12H10N2O/c1-9(12(8-13)14-2)10-5-4-6-11(7-10)15-3/h4-7H,1,3H3. The van der Waals surface area contributed by atoms with E-state index in [-0.39, 0.29) is 5.70 Å². The first-order valence-corrected chi connectivity index (χ1v) is 4.35. The summed E-state index contributed by atoms with van der Waals surface area (Å²) in [6.45, 7) is 8.61. The first-order valence-electron chi connectivity index (χ1n) is 4.35. The maximum atomic E-state index is 8.73. The van der Waals surface area contributed by atoms with Crippen molar-refractivity contribution in [1.29, 1.82) is 5.26 Å². The Morgan fingerprint density at radius 3 is 2.80 bits per heavy atom. The van der Waals surface area contributed by atoms with Gasteiger partial charge in [-0.1, -0.05) is 12.1 Å². The molecule has 15 heavy (non-hydrogen) atoms. The van der Waals surface area contributed by atoms with Crippen LogP contribution < -0.4 is 4.74 Å². The van der Waals surface area contributed by atoms with Crippen molar-refractivity contribution in [3.8, 4) is 11.8 Å². The Bertz CT molecular complexity index is 459. The molecule has 0 aliphatic heterocycles. The van der Waals surface area contributed by atoms with Crippen LogP contribution in [0.2, 0.25) is 0 Å². The van der Waals surface area contributed by atoms with E-state index in [0.29, 0.717) is 11.3 Å². The second-order valence-corrected chi connectivity index (χ2v) is 2.93. The number of hydrogen-bond donors (Lipinski definition) is 0. The number of ether oxygens (including phenoxy) is 1. The minimum atomic E-state index is 0.114. The van der Waals surface area contributed by atoms with Crippen molar-refractivity contribution in [2.45, 2.75) is 6.92 Å². The normalized spacial score (nSPS) is 10.9. The molecule has 0 aromatic heterocycles. The average Bonchev–Trinajstić information content (AvgIpc) is 2.30. The van der Waals surface area contributed by atoms with Gasteiger partial charge in [0.2, 0.25) is 0 Å². The maximum Gasteiger partial charge on any atom is 0.265 e. The van der Waals surface area contributed by atoms with Gasteiger partial charge in [-0.15, -0.1) is 0 Å². The van der Waals surface area contributed by atoms with Gasteiger partial charge < -0.3 is 4.74 Å². The van der Waals surface area contributed by atoms with Crippen molar-refractivity contribution in [3.63, 3.8) is 0 Å². The largest absolute Gasteiger partial charge is 0.497 e. The van der Waals surface area contributed by atoms with E-state index in [1.54, 1.807) is 20.1 Å². The lowest BCUT2D eigenvalue weighted by molar-refractivity contribution is 0.414. The zero-order valence-electron chi connectivity index (χ0n) is 8.61. The summed E-state index contributed by atoms with van der Waals surface area (Å²) in [6, 6.07) is 9.17. The topological polar surface area (TPSA) is 37.4 Å². The van der Waals surface area contributed by atoms with Crippen LogP contribution in [0.15, 0.2) is 30.0 Å². The molecule has 0 aliphatic carbocycles. The van der Waals surface area contributed by atoms with E-state index in [4.69, 9.17) is 16.6 Å². The van der Waals surface area contributed by atoms with Crippen LogP contribution in [0.5, 0.6) is 5.75 Å². The van der Waals surface area contributed by atoms with Gasteiger partial charge in [0.1, 0.15) is 5.75 Å².